The van der Waals surface area contributed by atoms with Gasteiger partial charge in [-0.2, -0.15) is 0 Å². The van der Waals surface area contributed by atoms with Crippen LogP contribution in [0.4, 0.5) is 5.82 Å². The Labute approximate surface area is 196 Å². The zero-order valence-electron chi connectivity index (χ0n) is 18.1. The number of nitrogens with zero attached hydrogens (tertiary/aromatic N) is 2. The standard InChI is InChI=1S/C22H31N5O2.HI/c1-5-23-22(25-15-18-11-10-16(3)14-19(18)29-6-2)24-13-12-21(28)27-20-9-7-8-17(4)26-20;/h7-11,14H,5-6,12-13,15H2,1-4H3,(H2,23,24,25)(H,26,27,28);1H. The van der Waals surface area contributed by atoms with Crippen molar-refractivity contribution in [2.75, 3.05) is 25.0 Å². The molecule has 164 valence electrons. The van der Waals surface area contributed by atoms with E-state index in [1.807, 2.05) is 52.0 Å². The van der Waals surface area contributed by atoms with Gasteiger partial charge in [-0.05, 0) is 51.5 Å². The average molecular weight is 525 g/mol. The van der Waals surface area contributed by atoms with Crippen LogP contribution in [-0.2, 0) is 11.3 Å². The molecule has 1 aromatic heterocycles. The normalized spacial score (nSPS) is 10.7. The Balaban J connectivity index is 0.00000450. The third-order valence-corrected chi connectivity index (χ3v) is 4.07. The molecule has 2 rings (SSSR count). The van der Waals surface area contributed by atoms with Gasteiger partial charge in [-0.3, -0.25) is 4.79 Å². The van der Waals surface area contributed by atoms with Gasteiger partial charge in [0.15, 0.2) is 5.96 Å². The van der Waals surface area contributed by atoms with E-state index in [0.29, 0.717) is 37.9 Å². The maximum atomic E-state index is 12.1. The van der Waals surface area contributed by atoms with Crippen molar-refractivity contribution in [2.24, 2.45) is 4.99 Å². The van der Waals surface area contributed by atoms with Crippen LogP contribution in [0.25, 0.3) is 0 Å². The molecule has 8 heteroatoms. The van der Waals surface area contributed by atoms with E-state index in [9.17, 15) is 4.79 Å². The zero-order valence-corrected chi connectivity index (χ0v) is 20.4. The van der Waals surface area contributed by atoms with Gasteiger partial charge in [0.25, 0.3) is 0 Å². The molecule has 1 aromatic carbocycles. The van der Waals surface area contributed by atoms with Crippen molar-refractivity contribution >= 4 is 41.7 Å². The van der Waals surface area contributed by atoms with Crippen LogP contribution >= 0.6 is 24.0 Å². The van der Waals surface area contributed by atoms with Crippen molar-refractivity contribution in [1.82, 2.24) is 15.6 Å². The molecule has 7 nitrogen and oxygen atoms in total. The fraction of sp³-hybridized carbons (Fsp3) is 0.409. The number of aryl methyl sites for hydroxylation is 2. The van der Waals surface area contributed by atoms with Crippen LogP contribution in [-0.4, -0.2) is 36.5 Å². The van der Waals surface area contributed by atoms with E-state index >= 15 is 0 Å². The summed E-state index contributed by atoms with van der Waals surface area (Å²) in [5, 5.41) is 9.21. The number of anilines is 1. The Morgan fingerprint density at radius 3 is 2.63 bits per heavy atom. The topological polar surface area (TPSA) is 87.6 Å². The van der Waals surface area contributed by atoms with Crippen molar-refractivity contribution in [2.45, 2.75) is 40.7 Å². The molecule has 30 heavy (non-hydrogen) atoms. The van der Waals surface area contributed by atoms with Crippen LogP contribution < -0.4 is 20.7 Å². The highest BCUT2D eigenvalue weighted by atomic mass is 127. The highest BCUT2D eigenvalue weighted by molar-refractivity contribution is 14.0. The molecule has 0 saturated carbocycles. The predicted octanol–water partition coefficient (Wildman–Crippen LogP) is 3.80. The SMILES string of the molecule is CCNC(=NCc1ccc(C)cc1OCC)NCCC(=O)Nc1cccc(C)n1.I. The van der Waals surface area contributed by atoms with Crippen LogP contribution in [0.5, 0.6) is 5.75 Å². The minimum absolute atomic E-state index is 0. The first-order chi connectivity index (χ1) is 14.0. The summed E-state index contributed by atoms with van der Waals surface area (Å²) in [5.41, 5.74) is 3.04. The molecule has 0 spiro atoms. The Hall–Kier alpha value is -2.36. The molecule has 0 atom stereocenters. The number of hydrogen-bond acceptors (Lipinski definition) is 4. The number of aromatic nitrogens is 1. The second-order valence-corrected chi connectivity index (χ2v) is 6.63. The van der Waals surface area contributed by atoms with Crippen molar-refractivity contribution < 1.29 is 9.53 Å². The molecule has 0 aliphatic heterocycles. The Morgan fingerprint density at radius 1 is 1.13 bits per heavy atom. The summed E-state index contributed by atoms with van der Waals surface area (Å²) >= 11 is 0. The van der Waals surface area contributed by atoms with Crippen LogP contribution in [0, 0.1) is 13.8 Å². The molecule has 2 aromatic rings. The van der Waals surface area contributed by atoms with Gasteiger partial charge in [-0.1, -0.05) is 18.2 Å². The van der Waals surface area contributed by atoms with Gasteiger partial charge in [0.05, 0.1) is 13.2 Å². The summed E-state index contributed by atoms with van der Waals surface area (Å²) in [6.07, 6.45) is 0.314. The fourth-order valence-electron chi connectivity index (χ4n) is 2.70. The maximum absolute atomic E-state index is 12.1. The second-order valence-electron chi connectivity index (χ2n) is 6.63. The number of rotatable bonds is 9. The quantitative estimate of drug-likeness (QED) is 0.264. The molecule has 1 amide bonds. The summed E-state index contributed by atoms with van der Waals surface area (Å²) < 4.78 is 5.72. The molecule has 0 aliphatic rings. The third-order valence-electron chi connectivity index (χ3n) is 4.07. The number of carbonyl (C=O) groups excluding carboxylic acids is 1. The van der Waals surface area contributed by atoms with E-state index in [4.69, 9.17) is 4.74 Å². The summed E-state index contributed by atoms with van der Waals surface area (Å²) in [5.74, 6) is 2.00. The number of amides is 1. The number of benzene rings is 1. The zero-order chi connectivity index (χ0) is 21.1. The molecule has 0 radical (unpaired) electrons. The largest absolute Gasteiger partial charge is 0.494 e. The lowest BCUT2D eigenvalue weighted by Gasteiger charge is -2.13. The lowest BCUT2D eigenvalue weighted by molar-refractivity contribution is -0.116. The Kier molecular flexibility index (Phi) is 11.8. The monoisotopic (exact) mass is 525 g/mol. The van der Waals surface area contributed by atoms with Gasteiger partial charge < -0.3 is 20.7 Å². The molecule has 0 aliphatic carbocycles. The Bertz CT molecular complexity index is 842. The van der Waals surface area contributed by atoms with Gasteiger partial charge in [0.2, 0.25) is 5.91 Å². The molecular weight excluding hydrogens is 493 g/mol. The van der Waals surface area contributed by atoms with Gasteiger partial charge in [0.1, 0.15) is 11.6 Å². The molecule has 1 heterocycles. The van der Waals surface area contributed by atoms with E-state index in [-0.39, 0.29) is 29.9 Å². The molecule has 0 unspecified atom stereocenters. The number of carbonyl (C=O) groups is 1. The summed E-state index contributed by atoms with van der Waals surface area (Å²) in [4.78, 5) is 21.0. The highest BCUT2D eigenvalue weighted by Crippen LogP contribution is 2.21. The number of ether oxygens (including phenoxy) is 1. The first kappa shape index (κ1) is 25.7. The van der Waals surface area contributed by atoms with Gasteiger partial charge >= 0.3 is 0 Å². The molecule has 3 N–H and O–H groups in total. The maximum Gasteiger partial charge on any atom is 0.227 e. The van der Waals surface area contributed by atoms with E-state index in [2.05, 4.69) is 32.0 Å². The molecule has 0 fully saturated rings. The summed E-state index contributed by atoms with van der Waals surface area (Å²) in [6.45, 7) is 10.2. The number of nitrogens with one attached hydrogen (secondary N) is 3. The average Bonchev–Trinajstić information content (AvgIpc) is 2.67. The number of aliphatic imine (C=N–C) groups is 1. The second kappa shape index (κ2) is 13.8. The van der Waals surface area contributed by atoms with Gasteiger partial charge in [-0.15, -0.1) is 24.0 Å². The van der Waals surface area contributed by atoms with Crippen molar-refractivity contribution in [3.05, 3.63) is 53.2 Å². The van der Waals surface area contributed by atoms with E-state index in [0.717, 1.165) is 29.1 Å². The van der Waals surface area contributed by atoms with E-state index < -0.39 is 0 Å². The molecular formula is C22H32IN5O2. The first-order valence-electron chi connectivity index (χ1n) is 9.99. The third kappa shape index (κ3) is 8.98. The van der Waals surface area contributed by atoms with Gasteiger partial charge in [-0.25, -0.2) is 9.98 Å². The van der Waals surface area contributed by atoms with E-state index in [1.165, 1.54) is 0 Å². The highest BCUT2D eigenvalue weighted by Gasteiger charge is 2.06. The lowest BCUT2D eigenvalue weighted by Crippen LogP contribution is -2.38. The minimum atomic E-state index is -0.0939. The van der Waals surface area contributed by atoms with Crippen molar-refractivity contribution in [3.63, 3.8) is 0 Å². The Morgan fingerprint density at radius 2 is 1.93 bits per heavy atom. The van der Waals surface area contributed by atoms with Crippen LogP contribution in [0.2, 0.25) is 0 Å². The molecule has 0 bridgehead atoms. The van der Waals surface area contributed by atoms with Crippen LogP contribution in [0.15, 0.2) is 41.4 Å². The lowest BCUT2D eigenvalue weighted by atomic mass is 10.1. The molecule has 0 saturated heterocycles. The number of hydrogen-bond donors (Lipinski definition) is 3. The summed E-state index contributed by atoms with van der Waals surface area (Å²) in [7, 11) is 0. The van der Waals surface area contributed by atoms with Crippen molar-refractivity contribution in [1.29, 1.82) is 0 Å². The predicted molar refractivity (Wildman–Crippen MR) is 133 cm³/mol. The number of guanidine groups is 1. The van der Waals surface area contributed by atoms with Crippen LogP contribution in [0.3, 0.4) is 0 Å². The van der Waals surface area contributed by atoms with Crippen LogP contribution in [0.1, 0.15) is 37.1 Å². The van der Waals surface area contributed by atoms with Crippen molar-refractivity contribution in [3.8, 4) is 5.75 Å². The minimum Gasteiger partial charge on any atom is -0.494 e. The summed E-state index contributed by atoms with van der Waals surface area (Å²) in [6, 6.07) is 11.7. The number of pyridine rings is 1. The smallest absolute Gasteiger partial charge is 0.227 e. The van der Waals surface area contributed by atoms with E-state index in [1.54, 1.807) is 6.07 Å². The number of halogens is 1. The fourth-order valence-corrected chi connectivity index (χ4v) is 2.70. The van der Waals surface area contributed by atoms with Gasteiger partial charge in [0, 0.05) is 30.8 Å². The first-order valence-corrected chi connectivity index (χ1v) is 9.99.